The van der Waals surface area contributed by atoms with E-state index in [0.717, 1.165) is 4.88 Å². The Bertz CT molecular complexity index is 438. The molecule has 3 N–H and O–H groups in total. The zero-order valence-corrected chi connectivity index (χ0v) is 12.4. The third-order valence-corrected chi connectivity index (χ3v) is 4.55. The molecular formula is C11H14ClNO4S2. The fourth-order valence-electron chi connectivity index (χ4n) is 1.30. The highest BCUT2D eigenvalue weighted by atomic mass is 35.5. The summed E-state index contributed by atoms with van der Waals surface area (Å²) in [5.74, 6) is -0.668. The van der Waals surface area contributed by atoms with Crippen LogP contribution in [0.15, 0.2) is 12.1 Å². The molecule has 0 saturated carbocycles. The number of hydrogen-bond acceptors (Lipinski definition) is 5. The van der Waals surface area contributed by atoms with Crippen molar-refractivity contribution in [3.05, 3.63) is 21.3 Å². The Morgan fingerprint density at radius 1 is 1.47 bits per heavy atom. The number of hydrogen-bond donors (Lipinski definition) is 3. The maximum absolute atomic E-state index is 11.5. The molecule has 0 fully saturated rings. The monoisotopic (exact) mass is 323 g/mol. The van der Waals surface area contributed by atoms with E-state index in [1.165, 1.54) is 23.1 Å². The molecule has 0 bridgehead atoms. The van der Waals surface area contributed by atoms with Crippen molar-refractivity contribution in [2.24, 2.45) is 0 Å². The number of aliphatic carboxylic acids is 1. The number of thiophene rings is 1. The summed E-state index contributed by atoms with van der Waals surface area (Å²) in [6, 6.07) is 2.66. The maximum Gasteiger partial charge on any atom is 0.326 e. The van der Waals surface area contributed by atoms with E-state index < -0.39 is 12.0 Å². The molecule has 1 aromatic heterocycles. The summed E-state index contributed by atoms with van der Waals surface area (Å²) < 4.78 is 0.703. The van der Waals surface area contributed by atoms with Gasteiger partial charge >= 0.3 is 5.97 Å². The molecule has 106 valence electrons. The van der Waals surface area contributed by atoms with Crippen LogP contribution in [-0.4, -0.2) is 40.5 Å². The Morgan fingerprint density at radius 2 is 2.21 bits per heavy atom. The molecule has 0 unspecified atom stereocenters. The molecule has 0 aliphatic heterocycles. The molecular weight excluding hydrogens is 310 g/mol. The number of amides is 1. The second kappa shape index (κ2) is 8.42. The number of rotatable bonds is 8. The SMILES string of the molecule is O=C(CSCc1ccc(Cl)s1)N[C@H](CCO)C(=O)O. The molecule has 0 aliphatic rings. The van der Waals surface area contributed by atoms with Crippen LogP contribution in [-0.2, 0) is 15.3 Å². The van der Waals surface area contributed by atoms with Gasteiger partial charge in [-0.1, -0.05) is 11.6 Å². The van der Waals surface area contributed by atoms with Gasteiger partial charge in [-0.05, 0) is 12.1 Å². The van der Waals surface area contributed by atoms with Gasteiger partial charge in [0.1, 0.15) is 6.04 Å². The number of carbonyl (C=O) groups is 2. The minimum atomic E-state index is -1.14. The van der Waals surface area contributed by atoms with Crippen molar-refractivity contribution in [1.29, 1.82) is 0 Å². The molecule has 1 rings (SSSR count). The predicted molar refractivity (Wildman–Crippen MR) is 76.8 cm³/mol. The molecule has 19 heavy (non-hydrogen) atoms. The average Bonchev–Trinajstić information content (AvgIpc) is 2.74. The van der Waals surface area contributed by atoms with Crippen LogP contribution < -0.4 is 5.32 Å². The molecule has 0 aromatic carbocycles. The largest absolute Gasteiger partial charge is 0.480 e. The van der Waals surface area contributed by atoms with Crippen molar-refractivity contribution >= 4 is 46.6 Å². The summed E-state index contributed by atoms with van der Waals surface area (Å²) in [5.41, 5.74) is 0. The van der Waals surface area contributed by atoms with Crippen LogP contribution in [0.3, 0.4) is 0 Å². The van der Waals surface area contributed by atoms with Gasteiger partial charge in [0.2, 0.25) is 5.91 Å². The van der Waals surface area contributed by atoms with Crippen LogP contribution in [0.1, 0.15) is 11.3 Å². The molecule has 1 amide bonds. The van der Waals surface area contributed by atoms with Gasteiger partial charge < -0.3 is 15.5 Å². The number of carboxylic acid groups (broad SMARTS) is 1. The fraction of sp³-hybridized carbons (Fsp3) is 0.455. The summed E-state index contributed by atoms with van der Waals surface area (Å²) in [6.45, 7) is -0.280. The van der Waals surface area contributed by atoms with Gasteiger partial charge in [0.05, 0.1) is 10.1 Å². The van der Waals surface area contributed by atoms with Gasteiger partial charge in [0.15, 0.2) is 0 Å². The highest BCUT2D eigenvalue weighted by Crippen LogP contribution is 2.24. The lowest BCUT2D eigenvalue weighted by molar-refractivity contribution is -0.141. The first-order valence-electron chi connectivity index (χ1n) is 5.48. The summed E-state index contributed by atoms with van der Waals surface area (Å²) in [6.07, 6.45) is 0.00622. The maximum atomic E-state index is 11.5. The minimum Gasteiger partial charge on any atom is -0.480 e. The van der Waals surface area contributed by atoms with Crippen LogP contribution in [0.5, 0.6) is 0 Å². The molecule has 8 heteroatoms. The van der Waals surface area contributed by atoms with Gasteiger partial charge in [0.25, 0.3) is 0 Å². The second-order valence-corrected chi connectivity index (χ2v) is 6.45. The van der Waals surface area contributed by atoms with Crippen molar-refractivity contribution in [3.63, 3.8) is 0 Å². The highest BCUT2D eigenvalue weighted by Gasteiger charge is 2.18. The quantitative estimate of drug-likeness (QED) is 0.676. The zero-order chi connectivity index (χ0) is 14.3. The Kier molecular flexibility index (Phi) is 7.22. The van der Waals surface area contributed by atoms with Crippen LogP contribution >= 0.6 is 34.7 Å². The van der Waals surface area contributed by atoms with Gasteiger partial charge in [-0.3, -0.25) is 4.79 Å². The van der Waals surface area contributed by atoms with E-state index in [1.807, 2.05) is 6.07 Å². The second-order valence-electron chi connectivity index (χ2n) is 3.67. The number of thioether (sulfide) groups is 1. The van der Waals surface area contributed by atoms with Crippen molar-refractivity contribution in [3.8, 4) is 0 Å². The van der Waals surface area contributed by atoms with Crippen LogP contribution in [0, 0.1) is 0 Å². The van der Waals surface area contributed by atoms with E-state index in [4.69, 9.17) is 21.8 Å². The molecule has 5 nitrogen and oxygen atoms in total. The van der Waals surface area contributed by atoms with Gasteiger partial charge in [0, 0.05) is 23.7 Å². The standard InChI is InChI=1S/C11H14ClNO4S2/c12-9-2-1-7(19-9)5-18-6-10(15)13-8(3-4-14)11(16)17/h1-2,8,14H,3-6H2,(H,13,15)(H,16,17)/t8-/m1/s1. The van der Waals surface area contributed by atoms with Gasteiger partial charge in [-0.25, -0.2) is 4.79 Å². The number of halogens is 1. The number of carboxylic acids is 1. The number of nitrogens with one attached hydrogen (secondary N) is 1. The Labute approximate surface area is 124 Å². The Morgan fingerprint density at radius 3 is 2.74 bits per heavy atom. The third kappa shape index (κ3) is 6.29. The molecule has 0 spiro atoms. The van der Waals surface area contributed by atoms with E-state index >= 15 is 0 Å². The highest BCUT2D eigenvalue weighted by molar-refractivity contribution is 7.99. The topological polar surface area (TPSA) is 86.6 Å². The van der Waals surface area contributed by atoms with Crippen LogP contribution in [0.25, 0.3) is 0 Å². The van der Waals surface area contributed by atoms with Crippen molar-refractivity contribution in [1.82, 2.24) is 5.32 Å². The van der Waals surface area contributed by atoms with E-state index in [1.54, 1.807) is 6.07 Å². The first-order valence-corrected chi connectivity index (χ1v) is 7.83. The lowest BCUT2D eigenvalue weighted by Gasteiger charge is -2.12. The van der Waals surface area contributed by atoms with E-state index in [9.17, 15) is 9.59 Å². The third-order valence-electron chi connectivity index (χ3n) is 2.16. The molecule has 1 atom stereocenters. The molecule has 1 aromatic rings. The lowest BCUT2D eigenvalue weighted by Crippen LogP contribution is -2.42. The van der Waals surface area contributed by atoms with Crippen LogP contribution in [0.2, 0.25) is 4.34 Å². The first-order chi connectivity index (χ1) is 9.02. The normalized spacial score (nSPS) is 12.1. The number of aliphatic hydroxyl groups is 1. The summed E-state index contributed by atoms with van der Waals surface area (Å²) in [7, 11) is 0. The molecule has 0 aliphatic carbocycles. The van der Waals surface area contributed by atoms with Gasteiger partial charge in [-0.2, -0.15) is 0 Å². The Hall–Kier alpha value is -0.760. The smallest absolute Gasteiger partial charge is 0.326 e. The average molecular weight is 324 g/mol. The summed E-state index contributed by atoms with van der Waals surface area (Å²) in [4.78, 5) is 23.4. The number of carbonyl (C=O) groups excluding carboxylic acids is 1. The van der Waals surface area contributed by atoms with E-state index in [0.29, 0.717) is 10.1 Å². The minimum absolute atomic E-state index is 0.00622. The Balaban J connectivity index is 2.28. The van der Waals surface area contributed by atoms with Crippen molar-refractivity contribution < 1.29 is 19.8 Å². The summed E-state index contributed by atoms with van der Waals surface area (Å²) in [5, 5.41) is 19.9. The lowest BCUT2D eigenvalue weighted by atomic mass is 10.2. The first kappa shape index (κ1) is 16.3. The van der Waals surface area contributed by atoms with E-state index in [2.05, 4.69) is 5.32 Å². The number of aliphatic hydroxyl groups excluding tert-OH is 1. The van der Waals surface area contributed by atoms with Crippen molar-refractivity contribution in [2.45, 2.75) is 18.2 Å². The van der Waals surface area contributed by atoms with Gasteiger partial charge in [-0.15, -0.1) is 23.1 Å². The summed E-state index contributed by atoms with van der Waals surface area (Å²) >= 11 is 8.62. The van der Waals surface area contributed by atoms with E-state index in [-0.39, 0.29) is 24.7 Å². The molecule has 0 saturated heterocycles. The predicted octanol–water partition coefficient (Wildman–Crippen LogP) is 1.59. The molecule has 0 radical (unpaired) electrons. The molecule has 1 heterocycles. The zero-order valence-electron chi connectivity index (χ0n) is 9.97. The fourth-order valence-corrected chi connectivity index (χ4v) is 3.33. The van der Waals surface area contributed by atoms with Crippen molar-refractivity contribution in [2.75, 3.05) is 12.4 Å². The van der Waals surface area contributed by atoms with Crippen LogP contribution in [0.4, 0.5) is 0 Å².